The second-order valence-electron chi connectivity index (χ2n) is 3.79. The van der Waals surface area contributed by atoms with Gasteiger partial charge in [-0.05, 0) is 51.8 Å². The summed E-state index contributed by atoms with van der Waals surface area (Å²) in [5.74, 6) is 0.600. The van der Waals surface area contributed by atoms with Crippen LogP contribution in [0.4, 0.5) is 13.2 Å². The molecule has 0 spiro atoms. The third-order valence-corrected chi connectivity index (χ3v) is 4.48. The zero-order chi connectivity index (χ0) is 13.9. The van der Waals surface area contributed by atoms with E-state index in [2.05, 4.69) is 20.9 Å². The SMILES string of the molecule is FC(F)(F)c1ccc(Br)c(SCc2ccncc2)c1. The minimum absolute atomic E-state index is 0.576. The Balaban J connectivity index is 2.16. The van der Waals surface area contributed by atoms with Crippen molar-refractivity contribution in [3.63, 3.8) is 0 Å². The van der Waals surface area contributed by atoms with E-state index in [9.17, 15) is 13.2 Å². The number of pyridine rings is 1. The van der Waals surface area contributed by atoms with Crippen LogP contribution in [0, 0.1) is 0 Å². The Bertz CT molecular complexity index is 558. The average Bonchev–Trinajstić information content (AvgIpc) is 2.37. The van der Waals surface area contributed by atoms with Crippen LogP contribution in [-0.2, 0) is 11.9 Å². The average molecular weight is 348 g/mol. The molecule has 0 aliphatic heterocycles. The summed E-state index contributed by atoms with van der Waals surface area (Å²) in [6.07, 6.45) is -0.985. The van der Waals surface area contributed by atoms with Gasteiger partial charge in [0.2, 0.25) is 0 Å². The quantitative estimate of drug-likeness (QED) is 0.711. The van der Waals surface area contributed by atoms with Gasteiger partial charge in [-0.25, -0.2) is 0 Å². The predicted molar refractivity (Wildman–Crippen MR) is 72.9 cm³/mol. The van der Waals surface area contributed by atoms with Gasteiger partial charge in [0.25, 0.3) is 0 Å². The fraction of sp³-hybridized carbons (Fsp3) is 0.154. The van der Waals surface area contributed by atoms with E-state index in [0.29, 0.717) is 15.1 Å². The molecule has 1 heterocycles. The number of rotatable bonds is 3. The van der Waals surface area contributed by atoms with Gasteiger partial charge in [0, 0.05) is 27.5 Å². The Morgan fingerprint density at radius 1 is 1.11 bits per heavy atom. The predicted octanol–water partition coefficient (Wildman–Crippen LogP) is 5.16. The van der Waals surface area contributed by atoms with Crippen molar-refractivity contribution >= 4 is 27.7 Å². The van der Waals surface area contributed by atoms with E-state index in [0.717, 1.165) is 17.7 Å². The molecule has 0 fully saturated rings. The van der Waals surface area contributed by atoms with Gasteiger partial charge in [0.1, 0.15) is 0 Å². The van der Waals surface area contributed by atoms with Crippen LogP contribution in [0.3, 0.4) is 0 Å². The van der Waals surface area contributed by atoms with Gasteiger partial charge in [-0.2, -0.15) is 13.2 Å². The minimum Gasteiger partial charge on any atom is -0.265 e. The monoisotopic (exact) mass is 347 g/mol. The van der Waals surface area contributed by atoms with Crippen molar-refractivity contribution < 1.29 is 13.2 Å². The Hall–Kier alpha value is -1.01. The molecule has 0 N–H and O–H groups in total. The van der Waals surface area contributed by atoms with Crippen LogP contribution < -0.4 is 0 Å². The first-order valence-corrected chi connectivity index (χ1v) is 7.13. The maximum atomic E-state index is 12.6. The van der Waals surface area contributed by atoms with Crippen molar-refractivity contribution in [1.82, 2.24) is 4.98 Å². The van der Waals surface area contributed by atoms with Crippen molar-refractivity contribution in [2.75, 3.05) is 0 Å². The van der Waals surface area contributed by atoms with Crippen LogP contribution in [0.15, 0.2) is 52.1 Å². The number of hydrogen-bond donors (Lipinski definition) is 0. The molecule has 2 rings (SSSR count). The zero-order valence-electron chi connectivity index (χ0n) is 9.62. The molecule has 0 saturated heterocycles. The standard InChI is InChI=1S/C13H9BrF3NS/c14-11-2-1-10(13(15,16)17)7-12(11)19-8-9-3-5-18-6-4-9/h1-7H,8H2. The van der Waals surface area contributed by atoms with Gasteiger partial charge in [-0.15, -0.1) is 11.8 Å². The lowest BCUT2D eigenvalue weighted by Crippen LogP contribution is -2.04. The van der Waals surface area contributed by atoms with Crippen molar-refractivity contribution in [3.05, 3.63) is 58.3 Å². The molecule has 1 aromatic heterocycles. The van der Waals surface area contributed by atoms with Crippen LogP contribution in [0.5, 0.6) is 0 Å². The largest absolute Gasteiger partial charge is 0.416 e. The van der Waals surface area contributed by atoms with Crippen LogP contribution in [0.25, 0.3) is 0 Å². The Morgan fingerprint density at radius 2 is 1.79 bits per heavy atom. The Kier molecular flexibility index (Phi) is 4.52. The molecule has 0 aliphatic carbocycles. The Morgan fingerprint density at radius 3 is 2.42 bits per heavy atom. The first-order valence-electron chi connectivity index (χ1n) is 5.35. The van der Waals surface area contributed by atoms with Crippen LogP contribution in [0.1, 0.15) is 11.1 Å². The van der Waals surface area contributed by atoms with Crippen molar-refractivity contribution in [1.29, 1.82) is 0 Å². The van der Waals surface area contributed by atoms with E-state index in [1.807, 2.05) is 12.1 Å². The highest BCUT2D eigenvalue weighted by Gasteiger charge is 2.30. The van der Waals surface area contributed by atoms with Crippen molar-refractivity contribution in [3.8, 4) is 0 Å². The number of nitrogens with zero attached hydrogens (tertiary/aromatic N) is 1. The second-order valence-corrected chi connectivity index (χ2v) is 5.66. The van der Waals surface area contributed by atoms with Crippen LogP contribution in [0.2, 0.25) is 0 Å². The molecule has 100 valence electrons. The molecule has 1 nitrogen and oxygen atoms in total. The van der Waals surface area contributed by atoms with E-state index in [1.165, 1.54) is 17.8 Å². The second kappa shape index (κ2) is 5.96. The summed E-state index contributed by atoms with van der Waals surface area (Å²) in [6.45, 7) is 0. The summed E-state index contributed by atoms with van der Waals surface area (Å²) in [4.78, 5) is 4.47. The van der Waals surface area contributed by atoms with Gasteiger partial charge < -0.3 is 0 Å². The molecule has 1 aromatic carbocycles. The summed E-state index contributed by atoms with van der Waals surface area (Å²) < 4.78 is 38.6. The molecule has 0 saturated carbocycles. The number of aromatic nitrogens is 1. The Labute approximate surface area is 121 Å². The fourth-order valence-corrected chi connectivity index (χ4v) is 2.95. The highest BCUT2D eigenvalue weighted by molar-refractivity contribution is 9.10. The summed E-state index contributed by atoms with van der Waals surface area (Å²) in [7, 11) is 0. The van der Waals surface area contributed by atoms with Gasteiger partial charge >= 0.3 is 6.18 Å². The van der Waals surface area contributed by atoms with E-state index >= 15 is 0 Å². The van der Waals surface area contributed by atoms with Gasteiger partial charge in [0.05, 0.1) is 5.56 Å². The highest BCUT2D eigenvalue weighted by atomic mass is 79.9. The maximum Gasteiger partial charge on any atom is 0.416 e. The lowest BCUT2D eigenvalue weighted by molar-refractivity contribution is -0.137. The molecular weight excluding hydrogens is 339 g/mol. The molecule has 19 heavy (non-hydrogen) atoms. The molecule has 0 atom stereocenters. The molecule has 0 amide bonds. The summed E-state index contributed by atoms with van der Waals surface area (Å²) in [5, 5.41) is 0. The number of benzene rings is 1. The van der Waals surface area contributed by atoms with E-state index < -0.39 is 11.7 Å². The van der Waals surface area contributed by atoms with Gasteiger partial charge in [-0.1, -0.05) is 0 Å². The van der Waals surface area contributed by atoms with Crippen LogP contribution in [-0.4, -0.2) is 4.98 Å². The summed E-state index contributed by atoms with van der Waals surface area (Å²) >= 11 is 4.63. The molecule has 0 radical (unpaired) electrons. The minimum atomic E-state index is -4.31. The van der Waals surface area contributed by atoms with Gasteiger partial charge in [-0.3, -0.25) is 4.98 Å². The third-order valence-electron chi connectivity index (χ3n) is 2.40. The normalized spacial score (nSPS) is 11.6. The summed E-state index contributed by atoms with van der Waals surface area (Å²) in [5.41, 5.74) is 0.386. The number of halogens is 4. The fourth-order valence-electron chi connectivity index (χ4n) is 1.43. The molecule has 2 aromatic rings. The maximum absolute atomic E-state index is 12.6. The van der Waals surface area contributed by atoms with E-state index in [1.54, 1.807) is 12.4 Å². The first-order chi connectivity index (χ1) is 8.97. The lowest BCUT2D eigenvalue weighted by atomic mass is 10.2. The summed E-state index contributed by atoms with van der Waals surface area (Å²) in [6, 6.07) is 7.34. The van der Waals surface area contributed by atoms with E-state index in [-0.39, 0.29) is 0 Å². The van der Waals surface area contributed by atoms with Crippen LogP contribution >= 0.6 is 27.7 Å². The number of alkyl halides is 3. The molecule has 6 heteroatoms. The molecule has 0 unspecified atom stereocenters. The van der Waals surface area contributed by atoms with Crippen molar-refractivity contribution in [2.45, 2.75) is 16.8 Å². The lowest BCUT2D eigenvalue weighted by Gasteiger charge is -2.10. The topological polar surface area (TPSA) is 12.9 Å². The number of hydrogen-bond acceptors (Lipinski definition) is 2. The number of thioether (sulfide) groups is 1. The molecular formula is C13H9BrF3NS. The highest BCUT2D eigenvalue weighted by Crippen LogP contribution is 2.36. The smallest absolute Gasteiger partial charge is 0.265 e. The third kappa shape index (κ3) is 3.98. The van der Waals surface area contributed by atoms with Gasteiger partial charge in [0.15, 0.2) is 0 Å². The van der Waals surface area contributed by atoms with Crippen molar-refractivity contribution in [2.24, 2.45) is 0 Å². The molecule has 0 aliphatic rings. The van der Waals surface area contributed by atoms with E-state index in [4.69, 9.17) is 0 Å². The zero-order valence-corrected chi connectivity index (χ0v) is 12.0. The first kappa shape index (κ1) is 14.4. The molecule has 0 bridgehead atoms.